The smallest absolute Gasteiger partial charge is 0.320 e. The van der Waals surface area contributed by atoms with Gasteiger partial charge in [-0.1, -0.05) is 15.9 Å². The molecule has 6 nitrogen and oxygen atoms in total. The van der Waals surface area contributed by atoms with Crippen LogP contribution in [-0.4, -0.2) is 59.9 Å². The van der Waals surface area contributed by atoms with Gasteiger partial charge in [-0.2, -0.15) is 0 Å². The highest BCUT2D eigenvalue weighted by atomic mass is 79.9. The number of likely N-dealkylation sites (tertiary alicyclic amines) is 2. The predicted molar refractivity (Wildman–Crippen MR) is 98.5 cm³/mol. The molecule has 3 rings (SSSR count). The van der Waals surface area contributed by atoms with Gasteiger partial charge in [-0.3, -0.25) is 0 Å². The maximum absolute atomic E-state index is 13.7. The lowest BCUT2D eigenvalue weighted by Crippen LogP contribution is -2.71. The normalized spacial score (nSPS) is 18.9. The summed E-state index contributed by atoms with van der Waals surface area (Å²) < 4.78 is 19.9. The van der Waals surface area contributed by atoms with Gasteiger partial charge in [-0.25, -0.2) is 9.18 Å². The van der Waals surface area contributed by atoms with Crippen molar-refractivity contribution in [1.29, 1.82) is 0 Å². The Kier molecular flexibility index (Phi) is 5.53. The van der Waals surface area contributed by atoms with E-state index in [4.69, 9.17) is 10.5 Å². The number of nitrogens with zero attached hydrogens (tertiary/aromatic N) is 2. The third kappa shape index (κ3) is 4.35. The zero-order valence-electron chi connectivity index (χ0n) is 14.7. The van der Waals surface area contributed by atoms with Crippen LogP contribution >= 0.6 is 15.9 Å². The Bertz CT molecular complexity index is 703. The molecule has 2 aliphatic heterocycles. The number of ketones is 1. The second-order valence-corrected chi connectivity index (χ2v) is 8.28. The highest BCUT2D eigenvalue weighted by molar-refractivity contribution is 9.10. The zero-order chi connectivity index (χ0) is 18.9. The topological polar surface area (TPSA) is 75.9 Å². The van der Waals surface area contributed by atoms with Crippen LogP contribution in [-0.2, 0) is 4.79 Å². The van der Waals surface area contributed by atoms with Gasteiger partial charge in [0.05, 0.1) is 12.1 Å². The highest BCUT2D eigenvalue weighted by Gasteiger charge is 2.45. The summed E-state index contributed by atoms with van der Waals surface area (Å²) >= 11 is 3.21. The first-order valence-electron chi connectivity index (χ1n) is 8.66. The number of rotatable bonds is 6. The molecule has 0 atom stereocenters. The minimum absolute atomic E-state index is 0.0278. The molecule has 0 unspecified atom stereocenters. The van der Waals surface area contributed by atoms with Crippen molar-refractivity contribution < 1.29 is 18.7 Å². The van der Waals surface area contributed by atoms with Crippen LogP contribution in [0.3, 0.4) is 0 Å². The SMILES string of the molecule is CC(=O)CCC1(N)CN(C(=O)N2CC(COc3ccc(Br)cc3F)C2)C1. The van der Waals surface area contributed by atoms with Crippen LogP contribution in [0.15, 0.2) is 22.7 Å². The Labute approximate surface area is 160 Å². The molecule has 0 aromatic heterocycles. The van der Waals surface area contributed by atoms with E-state index in [1.807, 2.05) is 0 Å². The van der Waals surface area contributed by atoms with Gasteiger partial charge >= 0.3 is 6.03 Å². The van der Waals surface area contributed by atoms with Crippen molar-refractivity contribution in [2.24, 2.45) is 11.7 Å². The molecule has 8 heteroatoms. The molecule has 0 radical (unpaired) electrons. The van der Waals surface area contributed by atoms with Crippen molar-refractivity contribution in [2.75, 3.05) is 32.8 Å². The van der Waals surface area contributed by atoms with Crippen LogP contribution in [0, 0.1) is 11.7 Å². The summed E-state index contributed by atoms with van der Waals surface area (Å²) in [6, 6.07) is 4.65. The molecule has 2 N–H and O–H groups in total. The molecule has 2 heterocycles. The maximum atomic E-state index is 13.7. The Morgan fingerprint density at radius 3 is 2.65 bits per heavy atom. The number of carbonyl (C=O) groups is 2. The Hall–Kier alpha value is -1.67. The van der Waals surface area contributed by atoms with Crippen LogP contribution in [0.2, 0.25) is 0 Å². The molecule has 0 saturated carbocycles. The third-order valence-electron chi connectivity index (χ3n) is 4.85. The maximum Gasteiger partial charge on any atom is 0.320 e. The molecule has 1 aromatic carbocycles. The summed E-state index contributed by atoms with van der Waals surface area (Å²) in [5, 5.41) is 0. The highest BCUT2D eigenvalue weighted by Crippen LogP contribution is 2.28. The van der Waals surface area contributed by atoms with Gasteiger partial charge in [0, 0.05) is 43.0 Å². The van der Waals surface area contributed by atoms with Crippen molar-refractivity contribution in [3.05, 3.63) is 28.5 Å². The van der Waals surface area contributed by atoms with E-state index in [9.17, 15) is 14.0 Å². The first-order valence-corrected chi connectivity index (χ1v) is 9.45. The molecule has 0 spiro atoms. The zero-order valence-corrected chi connectivity index (χ0v) is 16.3. The minimum Gasteiger partial charge on any atom is -0.490 e. The minimum atomic E-state index is -0.437. The summed E-state index contributed by atoms with van der Waals surface area (Å²) in [5.41, 5.74) is 5.74. The molecule has 2 saturated heterocycles. The van der Waals surface area contributed by atoms with Gasteiger partial charge < -0.3 is 25.1 Å². The van der Waals surface area contributed by atoms with Crippen molar-refractivity contribution in [3.63, 3.8) is 0 Å². The van der Waals surface area contributed by atoms with Gasteiger partial charge in [-0.15, -0.1) is 0 Å². The summed E-state index contributed by atoms with van der Waals surface area (Å²) in [6.07, 6.45) is 1.07. The third-order valence-corrected chi connectivity index (χ3v) is 5.35. The predicted octanol–water partition coefficient (Wildman–Crippen LogP) is 2.40. The van der Waals surface area contributed by atoms with E-state index in [0.29, 0.717) is 50.1 Å². The van der Waals surface area contributed by atoms with E-state index < -0.39 is 11.4 Å². The monoisotopic (exact) mass is 427 g/mol. The average Bonchev–Trinajstić information content (AvgIpc) is 2.50. The first kappa shape index (κ1) is 19.1. The van der Waals surface area contributed by atoms with Crippen LogP contribution in [0.25, 0.3) is 0 Å². The Morgan fingerprint density at radius 2 is 2.04 bits per heavy atom. The molecular weight excluding hydrogens is 405 g/mol. The molecule has 2 amide bonds. The standard InChI is InChI=1S/C18H23BrFN3O3/c1-12(24)4-5-18(21)10-23(11-18)17(25)22-7-13(8-22)9-26-16-3-2-14(19)6-15(16)20/h2-3,6,13H,4-5,7-11,21H2,1H3. The van der Waals surface area contributed by atoms with Gasteiger partial charge in [0.25, 0.3) is 0 Å². The van der Waals surface area contributed by atoms with E-state index in [0.717, 1.165) is 0 Å². The van der Waals surface area contributed by atoms with Crippen LogP contribution in [0.5, 0.6) is 5.75 Å². The molecule has 142 valence electrons. The largest absolute Gasteiger partial charge is 0.490 e. The number of halogens is 2. The first-order chi connectivity index (χ1) is 12.3. The van der Waals surface area contributed by atoms with E-state index in [2.05, 4.69) is 15.9 Å². The molecule has 26 heavy (non-hydrogen) atoms. The fourth-order valence-electron chi connectivity index (χ4n) is 3.26. The van der Waals surface area contributed by atoms with Crippen LogP contribution in [0.1, 0.15) is 19.8 Å². The number of amides is 2. The molecule has 2 aliphatic rings. The van der Waals surface area contributed by atoms with E-state index in [-0.39, 0.29) is 23.5 Å². The number of nitrogens with two attached hydrogens (primary N) is 1. The van der Waals surface area contributed by atoms with Crippen molar-refractivity contribution >= 4 is 27.7 Å². The van der Waals surface area contributed by atoms with E-state index in [1.165, 1.54) is 6.07 Å². The number of hydrogen-bond donors (Lipinski definition) is 1. The Morgan fingerprint density at radius 1 is 1.35 bits per heavy atom. The van der Waals surface area contributed by atoms with Crippen molar-refractivity contribution in [3.8, 4) is 5.75 Å². The second kappa shape index (κ2) is 7.52. The number of Topliss-reactive ketones (excluding diaryl/α,β-unsaturated/α-hetero) is 1. The fourth-order valence-corrected chi connectivity index (χ4v) is 3.60. The molecule has 2 fully saturated rings. The summed E-state index contributed by atoms with van der Waals surface area (Å²) in [6.45, 7) is 4.09. The molecule has 0 bridgehead atoms. The van der Waals surface area contributed by atoms with Gasteiger partial charge in [0.1, 0.15) is 5.78 Å². The van der Waals surface area contributed by atoms with Crippen molar-refractivity contribution in [2.45, 2.75) is 25.3 Å². The van der Waals surface area contributed by atoms with Gasteiger partial charge in [0.15, 0.2) is 11.6 Å². The lowest BCUT2D eigenvalue weighted by atomic mass is 9.85. The van der Waals surface area contributed by atoms with Crippen LogP contribution < -0.4 is 10.5 Å². The van der Waals surface area contributed by atoms with Gasteiger partial charge in [0.2, 0.25) is 0 Å². The lowest BCUT2D eigenvalue weighted by molar-refractivity contribution is -0.117. The lowest BCUT2D eigenvalue weighted by Gasteiger charge is -2.51. The molecule has 1 aromatic rings. The number of urea groups is 1. The summed E-state index contributed by atoms with van der Waals surface area (Å²) in [5.74, 6) is 0.132. The van der Waals surface area contributed by atoms with Gasteiger partial charge in [-0.05, 0) is 31.5 Å². The number of benzene rings is 1. The molecular formula is C18H23BrFN3O3. The Balaban J connectivity index is 1.37. The van der Waals surface area contributed by atoms with E-state index in [1.54, 1.807) is 28.9 Å². The number of hydrogen-bond acceptors (Lipinski definition) is 4. The molecule has 0 aliphatic carbocycles. The summed E-state index contributed by atoms with van der Waals surface area (Å²) in [4.78, 5) is 26.9. The van der Waals surface area contributed by atoms with E-state index >= 15 is 0 Å². The van der Waals surface area contributed by atoms with Crippen molar-refractivity contribution in [1.82, 2.24) is 9.80 Å². The number of ether oxygens (including phenoxy) is 1. The second-order valence-electron chi connectivity index (χ2n) is 7.36. The fraction of sp³-hybridized carbons (Fsp3) is 0.556. The average molecular weight is 428 g/mol. The summed E-state index contributed by atoms with van der Waals surface area (Å²) in [7, 11) is 0. The van der Waals surface area contributed by atoms with Crippen LogP contribution in [0.4, 0.5) is 9.18 Å². The number of carbonyl (C=O) groups excluding carboxylic acids is 2. The quantitative estimate of drug-likeness (QED) is 0.755.